The van der Waals surface area contributed by atoms with E-state index in [9.17, 15) is 9.00 Å². The fourth-order valence-electron chi connectivity index (χ4n) is 3.16. The summed E-state index contributed by atoms with van der Waals surface area (Å²) in [4.78, 5) is 19.8. The van der Waals surface area contributed by atoms with Crippen LogP contribution in [0.15, 0.2) is 16.9 Å². The van der Waals surface area contributed by atoms with Crippen LogP contribution in [0.1, 0.15) is 49.0 Å². The quantitative estimate of drug-likeness (QED) is 0.838. The van der Waals surface area contributed by atoms with Crippen LogP contribution in [0.2, 0.25) is 0 Å². The summed E-state index contributed by atoms with van der Waals surface area (Å²) in [5, 5.41) is 0.235. The van der Waals surface area contributed by atoms with Crippen molar-refractivity contribution in [2.45, 2.75) is 45.4 Å². The van der Waals surface area contributed by atoms with Crippen LogP contribution in [0.4, 0.5) is 5.95 Å². The van der Waals surface area contributed by atoms with Crippen LogP contribution in [0.3, 0.4) is 0 Å². The first-order valence-electron chi connectivity index (χ1n) is 10.9. The molecule has 1 aliphatic heterocycles. The predicted octanol–water partition coefficient (Wildman–Crippen LogP) is 2.19. The lowest BCUT2D eigenvalue weighted by atomic mass is 10.0. The minimum Gasteiger partial charge on any atom is -0.378 e. The first-order valence-corrected chi connectivity index (χ1v) is 10.5. The van der Waals surface area contributed by atoms with E-state index in [1.807, 2.05) is 40.7 Å². The number of hydrogen-bond donors (Lipinski definition) is 1. The molecule has 0 spiro atoms. The lowest BCUT2D eigenvalue weighted by Crippen LogP contribution is -2.40. The van der Waals surface area contributed by atoms with E-state index in [2.05, 4.69) is 4.72 Å². The molecule has 1 N–H and O–H groups in total. The average molecular weight is 410 g/mol. The summed E-state index contributed by atoms with van der Waals surface area (Å²) in [5.41, 5.74) is 1.31. The highest BCUT2D eigenvalue weighted by Gasteiger charge is 2.24. The Morgan fingerprint density at radius 1 is 1.32 bits per heavy atom. The molecule has 8 heteroatoms. The Labute approximate surface area is 172 Å². The maximum atomic E-state index is 13.4. The Morgan fingerprint density at radius 2 is 2.00 bits per heavy atom. The van der Waals surface area contributed by atoms with Crippen molar-refractivity contribution < 1.29 is 13.1 Å². The van der Waals surface area contributed by atoms with Crippen molar-refractivity contribution in [1.82, 2.24) is 14.3 Å². The number of morpholine rings is 1. The summed E-state index contributed by atoms with van der Waals surface area (Å²) in [7, 11) is -1.33. The molecule has 1 fully saturated rings. The highest BCUT2D eigenvalue weighted by molar-refractivity contribution is 7.84. The maximum absolute atomic E-state index is 13.4. The van der Waals surface area contributed by atoms with Crippen molar-refractivity contribution in [3.8, 4) is 0 Å². The molecule has 1 aromatic carbocycles. The molecular weight excluding hydrogens is 376 g/mol. The molecule has 0 amide bonds. The monoisotopic (exact) mass is 409 g/mol. The number of rotatable bonds is 4. The minimum absolute atomic E-state index is 0.107. The van der Waals surface area contributed by atoms with Crippen LogP contribution in [0, 0.1) is 6.92 Å². The summed E-state index contributed by atoms with van der Waals surface area (Å²) in [6.45, 7) is 8.40. The number of nitrogens with zero attached hydrogens (tertiary/aromatic N) is 3. The van der Waals surface area contributed by atoms with Gasteiger partial charge in [-0.15, -0.1) is 0 Å². The first kappa shape index (κ1) is 17.1. The van der Waals surface area contributed by atoms with E-state index in [1.54, 1.807) is 11.0 Å². The van der Waals surface area contributed by atoms with Crippen molar-refractivity contribution in [2.75, 3.05) is 31.2 Å². The van der Waals surface area contributed by atoms with E-state index in [0.717, 1.165) is 10.1 Å². The van der Waals surface area contributed by atoms with E-state index in [-0.39, 0.29) is 17.4 Å². The van der Waals surface area contributed by atoms with Crippen molar-refractivity contribution >= 4 is 27.8 Å². The molecule has 28 heavy (non-hydrogen) atoms. The third-order valence-electron chi connectivity index (χ3n) is 4.73. The van der Waals surface area contributed by atoms with Gasteiger partial charge in [-0.3, -0.25) is 9.36 Å². The summed E-state index contributed by atoms with van der Waals surface area (Å²) in [5.74, 6) is 0.107. The van der Waals surface area contributed by atoms with Gasteiger partial charge in [0.1, 0.15) is 0 Å². The molecule has 2 atom stereocenters. The maximum Gasteiger partial charge on any atom is 0.262 e. The first-order chi connectivity index (χ1) is 14.3. The largest absolute Gasteiger partial charge is 0.378 e. The molecule has 1 saturated heterocycles. The highest BCUT2D eigenvalue weighted by atomic mass is 32.2. The second-order valence-electron chi connectivity index (χ2n) is 8.12. The lowest BCUT2D eigenvalue weighted by Gasteiger charge is -2.29. The smallest absolute Gasteiger partial charge is 0.262 e. The van der Waals surface area contributed by atoms with Gasteiger partial charge in [-0.1, -0.05) is 6.07 Å². The van der Waals surface area contributed by atoms with Crippen LogP contribution in [0.5, 0.6) is 0 Å². The molecule has 154 valence electrons. The normalized spacial score (nSPS) is 19.8. The molecular formula is C20H30N4O3S. The van der Waals surface area contributed by atoms with E-state index in [1.165, 1.54) is 0 Å². The molecule has 2 aromatic rings. The molecule has 0 radical (unpaired) electrons. The SMILES string of the molecule is [2H]C([2H])([2H])n1c(N2CCOCC2)nc2c([C@@H](C)N[S@](=O)C(C)(C)C)cc(C)cc2c1=O. The van der Waals surface area contributed by atoms with Crippen LogP contribution >= 0.6 is 0 Å². The van der Waals surface area contributed by atoms with Gasteiger partial charge in [0.25, 0.3) is 5.56 Å². The van der Waals surface area contributed by atoms with Gasteiger partial charge in [-0.2, -0.15) is 0 Å². The van der Waals surface area contributed by atoms with E-state index in [4.69, 9.17) is 13.8 Å². The van der Waals surface area contributed by atoms with Gasteiger partial charge >= 0.3 is 0 Å². The van der Waals surface area contributed by atoms with E-state index in [0.29, 0.717) is 37.4 Å². The zero-order valence-electron chi connectivity index (χ0n) is 20.0. The molecule has 0 unspecified atom stereocenters. The second-order valence-corrected chi connectivity index (χ2v) is 10.1. The van der Waals surface area contributed by atoms with Gasteiger partial charge in [-0.05, 0) is 51.8 Å². The summed E-state index contributed by atoms with van der Waals surface area (Å²) in [6.07, 6.45) is 0. The standard InChI is InChI=1S/C20H30N4O3S/c1-13-11-15(14(2)22-28(26)20(3,4)5)17-16(12-13)18(25)23(6)19(21-17)24-7-9-27-10-8-24/h11-12,14,22H,7-10H2,1-6H3/t14-,28-/m1/s1/i6D3. The van der Waals surface area contributed by atoms with E-state index >= 15 is 0 Å². The molecule has 1 aromatic heterocycles. The topological polar surface area (TPSA) is 76.5 Å². The Hall–Kier alpha value is -1.77. The number of aryl methyl sites for hydroxylation is 1. The zero-order chi connectivity index (χ0) is 23.1. The van der Waals surface area contributed by atoms with Gasteiger partial charge < -0.3 is 9.64 Å². The molecule has 0 saturated carbocycles. The number of benzene rings is 1. The number of ether oxygens (including phenoxy) is 1. The summed E-state index contributed by atoms with van der Waals surface area (Å²) < 4.78 is 45.3. The fourth-order valence-corrected chi connectivity index (χ4v) is 3.96. The van der Waals surface area contributed by atoms with Crippen molar-refractivity contribution in [2.24, 2.45) is 6.98 Å². The number of nitrogens with one attached hydrogen (secondary N) is 1. The summed E-state index contributed by atoms with van der Waals surface area (Å²) >= 11 is 0. The van der Waals surface area contributed by atoms with Crippen LogP contribution < -0.4 is 15.2 Å². The van der Waals surface area contributed by atoms with Crippen molar-refractivity contribution in [3.05, 3.63) is 33.6 Å². The zero-order valence-corrected chi connectivity index (χ0v) is 17.9. The third-order valence-corrected chi connectivity index (χ3v) is 6.41. The van der Waals surface area contributed by atoms with Gasteiger partial charge in [0.2, 0.25) is 5.95 Å². The van der Waals surface area contributed by atoms with Crippen molar-refractivity contribution in [3.63, 3.8) is 0 Å². The minimum atomic E-state index is -2.67. The van der Waals surface area contributed by atoms with Gasteiger partial charge in [0.05, 0.1) is 39.8 Å². The van der Waals surface area contributed by atoms with E-state index < -0.39 is 28.3 Å². The van der Waals surface area contributed by atoms with Crippen LogP contribution in [-0.4, -0.2) is 44.8 Å². The van der Waals surface area contributed by atoms with Crippen LogP contribution in [-0.2, 0) is 22.7 Å². The highest BCUT2D eigenvalue weighted by Crippen LogP contribution is 2.26. The van der Waals surface area contributed by atoms with Gasteiger partial charge in [-0.25, -0.2) is 13.9 Å². The third kappa shape index (κ3) is 4.14. The average Bonchev–Trinajstić information content (AvgIpc) is 2.66. The van der Waals surface area contributed by atoms with Gasteiger partial charge in [0.15, 0.2) is 0 Å². The molecule has 3 rings (SSSR count). The van der Waals surface area contributed by atoms with Crippen molar-refractivity contribution in [1.29, 1.82) is 0 Å². The Morgan fingerprint density at radius 3 is 2.61 bits per heavy atom. The Kier molecular flexibility index (Phi) is 4.85. The molecule has 7 nitrogen and oxygen atoms in total. The number of anilines is 1. The van der Waals surface area contributed by atoms with Gasteiger partial charge in [0, 0.05) is 30.2 Å². The Bertz CT molecular complexity index is 1060. The summed E-state index contributed by atoms with van der Waals surface area (Å²) in [6, 6.07) is 3.19. The molecule has 1 aliphatic rings. The molecule has 0 bridgehead atoms. The number of aromatic nitrogens is 2. The number of hydrogen-bond acceptors (Lipinski definition) is 5. The Balaban J connectivity index is 2.24. The predicted molar refractivity (Wildman–Crippen MR) is 114 cm³/mol. The molecule has 2 heterocycles. The van der Waals surface area contributed by atoms with Crippen LogP contribution in [0.25, 0.3) is 10.9 Å². The second kappa shape index (κ2) is 7.93. The number of fused-ring (bicyclic) bond motifs is 1. The lowest BCUT2D eigenvalue weighted by molar-refractivity contribution is 0.121. The molecule has 0 aliphatic carbocycles. The fraction of sp³-hybridized carbons (Fsp3) is 0.600.